The molecule has 2 N–H and O–H groups in total. The Balaban J connectivity index is 2.03. The lowest BCUT2D eigenvalue weighted by molar-refractivity contribution is -0.115. The third kappa shape index (κ3) is 4.08. The number of halogens is 3. The summed E-state index contributed by atoms with van der Waals surface area (Å²) in [6.45, 7) is -0.699. The Kier molecular flexibility index (Phi) is 5.02. The lowest BCUT2D eigenvalue weighted by Gasteiger charge is -2.09. The zero-order valence-corrected chi connectivity index (χ0v) is 12.3. The lowest BCUT2D eigenvalue weighted by Crippen LogP contribution is -2.33. The monoisotopic (exact) mass is 344 g/mol. The summed E-state index contributed by atoms with van der Waals surface area (Å²) in [7, 11) is -3.91. The van der Waals surface area contributed by atoms with Gasteiger partial charge in [-0.2, -0.15) is 0 Å². The Labute approximate surface area is 130 Å². The minimum Gasteiger partial charge on any atom is -0.322 e. The molecule has 0 heterocycles. The van der Waals surface area contributed by atoms with Gasteiger partial charge in [0, 0.05) is 0 Å². The SMILES string of the molecule is O=C(CNS(=O)(=O)c1ccccc1)Nc1ccc(F)c(F)c1F. The van der Waals surface area contributed by atoms with Gasteiger partial charge in [0.05, 0.1) is 17.1 Å². The third-order valence-corrected chi connectivity index (χ3v) is 4.20. The summed E-state index contributed by atoms with van der Waals surface area (Å²) in [5.74, 6) is -5.63. The zero-order chi connectivity index (χ0) is 17.0. The van der Waals surface area contributed by atoms with Gasteiger partial charge < -0.3 is 5.32 Å². The number of amides is 1. The summed E-state index contributed by atoms with van der Waals surface area (Å²) in [6, 6.07) is 8.76. The van der Waals surface area contributed by atoms with Crippen LogP contribution in [0, 0.1) is 17.5 Å². The Hall–Kier alpha value is -2.39. The first kappa shape index (κ1) is 17.0. The van der Waals surface area contributed by atoms with Crippen LogP contribution in [-0.4, -0.2) is 20.9 Å². The number of hydrogen-bond acceptors (Lipinski definition) is 3. The Morgan fingerprint density at radius 1 is 0.957 bits per heavy atom. The highest BCUT2D eigenvalue weighted by Crippen LogP contribution is 2.19. The first-order valence-electron chi connectivity index (χ1n) is 6.29. The predicted molar refractivity (Wildman–Crippen MR) is 76.6 cm³/mol. The maximum absolute atomic E-state index is 13.4. The van der Waals surface area contributed by atoms with E-state index < -0.39 is 45.6 Å². The summed E-state index contributed by atoms with van der Waals surface area (Å²) < 4.78 is 65.0. The molecule has 0 saturated carbocycles. The second-order valence-corrected chi connectivity index (χ2v) is 6.18. The maximum atomic E-state index is 13.4. The van der Waals surface area contributed by atoms with Crippen LogP contribution in [0.2, 0.25) is 0 Å². The van der Waals surface area contributed by atoms with Crippen molar-refractivity contribution < 1.29 is 26.4 Å². The number of carbonyl (C=O) groups is 1. The average Bonchev–Trinajstić information content (AvgIpc) is 2.54. The molecule has 122 valence electrons. The molecule has 0 radical (unpaired) electrons. The van der Waals surface area contributed by atoms with Gasteiger partial charge in [0.1, 0.15) is 0 Å². The van der Waals surface area contributed by atoms with Crippen LogP contribution >= 0.6 is 0 Å². The number of carbonyl (C=O) groups excluding carboxylic acids is 1. The summed E-state index contributed by atoms with van der Waals surface area (Å²) in [5.41, 5.74) is -0.590. The third-order valence-electron chi connectivity index (χ3n) is 2.79. The molecule has 0 unspecified atom stereocenters. The van der Waals surface area contributed by atoms with E-state index in [4.69, 9.17) is 0 Å². The van der Waals surface area contributed by atoms with Gasteiger partial charge >= 0.3 is 0 Å². The van der Waals surface area contributed by atoms with Crippen LogP contribution in [0.25, 0.3) is 0 Å². The quantitative estimate of drug-likeness (QED) is 0.815. The van der Waals surface area contributed by atoms with Crippen LogP contribution < -0.4 is 10.0 Å². The van der Waals surface area contributed by atoms with E-state index in [0.717, 1.165) is 6.07 Å². The molecule has 0 aromatic heterocycles. The average molecular weight is 344 g/mol. The standard InChI is InChI=1S/C14H11F3N2O3S/c15-10-6-7-11(14(17)13(10)16)19-12(20)8-18-23(21,22)9-4-2-1-3-5-9/h1-7,18H,8H2,(H,19,20). The van der Waals surface area contributed by atoms with E-state index in [1.165, 1.54) is 24.3 Å². The first-order chi connectivity index (χ1) is 10.8. The predicted octanol–water partition coefficient (Wildman–Crippen LogP) is 2.02. The number of rotatable bonds is 5. The van der Waals surface area contributed by atoms with E-state index in [9.17, 15) is 26.4 Å². The van der Waals surface area contributed by atoms with E-state index in [0.29, 0.717) is 6.07 Å². The molecular formula is C14H11F3N2O3S. The van der Waals surface area contributed by atoms with Crippen molar-refractivity contribution in [1.29, 1.82) is 0 Å². The van der Waals surface area contributed by atoms with Crippen molar-refractivity contribution in [2.45, 2.75) is 4.90 Å². The van der Waals surface area contributed by atoms with Crippen LogP contribution in [0.3, 0.4) is 0 Å². The number of anilines is 1. The van der Waals surface area contributed by atoms with Crippen molar-refractivity contribution in [3.8, 4) is 0 Å². The van der Waals surface area contributed by atoms with E-state index in [1.54, 1.807) is 6.07 Å². The molecule has 2 aromatic carbocycles. The number of nitrogens with one attached hydrogen (secondary N) is 2. The highest BCUT2D eigenvalue weighted by molar-refractivity contribution is 7.89. The number of hydrogen-bond donors (Lipinski definition) is 2. The molecule has 0 atom stereocenters. The zero-order valence-electron chi connectivity index (χ0n) is 11.5. The van der Waals surface area contributed by atoms with E-state index >= 15 is 0 Å². The second-order valence-electron chi connectivity index (χ2n) is 4.41. The van der Waals surface area contributed by atoms with Crippen molar-refractivity contribution in [3.05, 3.63) is 59.9 Å². The molecule has 2 aromatic rings. The van der Waals surface area contributed by atoms with Gasteiger partial charge in [-0.25, -0.2) is 26.3 Å². The summed E-state index contributed by atoms with van der Waals surface area (Å²) in [6.07, 6.45) is 0. The van der Waals surface area contributed by atoms with Crippen molar-refractivity contribution in [1.82, 2.24) is 4.72 Å². The normalized spacial score (nSPS) is 11.3. The molecule has 0 aliphatic heterocycles. The van der Waals surface area contributed by atoms with E-state index in [1.807, 2.05) is 10.0 Å². The van der Waals surface area contributed by atoms with Gasteiger partial charge in [0.2, 0.25) is 15.9 Å². The van der Waals surface area contributed by atoms with Crippen molar-refractivity contribution in [2.24, 2.45) is 0 Å². The fraction of sp³-hybridized carbons (Fsp3) is 0.0714. The second kappa shape index (κ2) is 6.80. The fourth-order valence-corrected chi connectivity index (χ4v) is 2.66. The molecule has 5 nitrogen and oxygen atoms in total. The van der Waals surface area contributed by atoms with Crippen LogP contribution in [0.5, 0.6) is 0 Å². The van der Waals surface area contributed by atoms with Crippen LogP contribution in [0.4, 0.5) is 18.9 Å². The van der Waals surface area contributed by atoms with Crippen LogP contribution in [0.1, 0.15) is 0 Å². The number of benzene rings is 2. The number of sulfonamides is 1. The Bertz CT molecular complexity index is 827. The highest BCUT2D eigenvalue weighted by atomic mass is 32.2. The lowest BCUT2D eigenvalue weighted by atomic mass is 10.3. The summed E-state index contributed by atoms with van der Waals surface area (Å²) >= 11 is 0. The van der Waals surface area contributed by atoms with Gasteiger partial charge in [0.15, 0.2) is 17.5 Å². The van der Waals surface area contributed by atoms with Gasteiger partial charge in [-0.05, 0) is 24.3 Å². The maximum Gasteiger partial charge on any atom is 0.241 e. The molecule has 0 aliphatic carbocycles. The molecule has 2 rings (SSSR count). The van der Waals surface area contributed by atoms with Gasteiger partial charge in [0.25, 0.3) is 0 Å². The minimum atomic E-state index is -3.91. The molecule has 1 amide bonds. The van der Waals surface area contributed by atoms with Crippen molar-refractivity contribution >= 4 is 21.6 Å². The molecule has 0 saturated heterocycles. The van der Waals surface area contributed by atoms with Gasteiger partial charge in [-0.3, -0.25) is 4.79 Å². The van der Waals surface area contributed by atoms with Crippen molar-refractivity contribution in [3.63, 3.8) is 0 Å². The Morgan fingerprint density at radius 2 is 1.61 bits per heavy atom. The molecular weight excluding hydrogens is 333 g/mol. The van der Waals surface area contributed by atoms with Crippen LogP contribution in [-0.2, 0) is 14.8 Å². The first-order valence-corrected chi connectivity index (χ1v) is 7.77. The molecule has 0 bridgehead atoms. The van der Waals surface area contributed by atoms with Crippen LogP contribution in [0.15, 0.2) is 47.4 Å². The van der Waals surface area contributed by atoms with E-state index in [-0.39, 0.29) is 4.90 Å². The van der Waals surface area contributed by atoms with Crippen molar-refractivity contribution in [2.75, 3.05) is 11.9 Å². The minimum absolute atomic E-state index is 0.0493. The molecule has 0 fully saturated rings. The summed E-state index contributed by atoms with van der Waals surface area (Å²) in [4.78, 5) is 11.6. The fourth-order valence-electron chi connectivity index (χ4n) is 1.66. The molecule has 0 spiro atoms. The van der Waals surface area contributed by atoms with Gasteiger partial charge in [-0.15, -0.1) is 0 Å². The molecule has 23 heavy (non-hydrogen) atoms. The largest absolute Gasteiger partial charge is 0.322 e. The summed E-state index contributed by atoms with van der Waals surface area (Å²) in [5, 5.41) is 1.95. The van der Waals surface area contributed by atoms with E-state index in [2.05, 4.69) is 0 Å². The molecule has 0 aliphatic rings. The smallest absolute Gasteiger partial charge is 0.241 e. The highest BCUT2D eigenvalue weighted by Gasteiger charge is 2.18. The topological polar surface area (TPSA) is 75.3 Å². The molecule has 9 heteroatoms. The van der Waals surface area contributed by atoms with Gasteiger partial charge in [-0.1, -0.05) is 18.2 Å². The Morgan fingerprint density at radius 3 is 2.26 bits per heavy atom.